The van der Waals surface area contributed by atoms with E-state index in [1.54, 1.807) is 18.2 Å². The second-order valence-electron chi connectivity index (χ2n) is 5.46. The number of nitrogens with one attached hydrogen (secondary N) is 1. The fourth-order valence-corrected chi connectivity index (χ4v) is 3.10. The molecule has 3 nitrogen and oxygen atoms in total. The molecular weight excluding hydrogens is 410 g/mol. The molecule has 0 saturated carbocycles. The first-order chi connectivity index (χ1) is 9.20. The molecule has 0 atom stereocenters. The highest BCUT2D eigenvalue weighted by Crippen LogP contribution is 2.29. The lowest BCUT2D eigenvalue weighted by atomic mass is 9.92. The first-order valence-electron chi connectivity index (χ1n) is 5.96. The molecule has 20 heavy (non-hydrogen) atoms. The minimum Gasteiger partial charge on any atom is -0.306 e. The Bertz CT molecular complexity index is 720. The Kier molecular flexibility index (Phi) is 4.47. The van der Waals surface area contributed by atoms with Crippen LogP contribution in [0.25, 0.3) is 11.4 Å². The molecule has 0 radical (unpaired) electrons. The summed E-state index contributed by atoms with van der Waals surface area (Å²) in [6.45, 7) is 6.07. The summed E-state index contributed by atoms with van der Waals surface area (Å²) in [6.07, 6.45) is 0. The van der Waals surface area contributed by atoms with Crippen molar-refractivity contribution in [2.75, 3.05) is 0 Å². The van der Waals surface area contributed by atoms with Gasteiger partial charge in [0.05, 0.1) is 15.7 Å². The molecule has 1 aromatic heterocycles. The van der Waals surface area contributed by atoms with Crippen molar-refractivity contribution in [1.82, 2.24) is 9.97 Å². The van der Waals surface area contributed by atoms with Crippen molar-refractivity contribution >= 4 is 45.8 Å². The van der Waals surface area contributed by atoms with Crippen molar-refractivity contribution in [2.24, 2.45) is 0 Å². The molecule has 0 aliphatic carbocycles. The van der Waals surface area contributed by atoms with Gasteiger partial charge in [-0.25, -0.2) is 4.98 Å². The van der Waals surface area contributed by atoms with E-state index in [1.165, 1.54) is 0 Å². The summed E-state index contributed by atoms with van der Waals surface area (Å²) in [4.78, 5) is 19.4. The fraction of sp³-hybridized carbons (Fsp3) is 0.286. The molecule has 2 aromatic rings. The van der Waals surface area contributed by atoms with Crippen molar-refractivity contribution in [2.45, 2.75) is 26.2 Å². The maximum Gasteiger partial charge on any atom is 0.264 e. The van der Waals surface area contributed by atoms with Gasteiger partial charge in [-0.15, -0.1) is 0 Å². The zero-order valence-corrected chi connectivity index (χ0v) is 14.9. The van der Waals surface area contributed by atoms with Crippen LogP contribution in [0, 0.1) is 3.57 Å². The van der Waals surface area contributed by atoms with Crippen LogP contribution in [-0.4, -0.2) is 9.97 Å². The molecule has 2 rings (SSSR count). The van der Waals surface area contributed by atoms with Gasteiger partial charge < -0.3 is 4.98 Å². The number of H-pyrrole nitrogens is 1. The Balaban J connectivity index is 2.67. The highest BCUT2D eigenvalue weighted by molar-refractivity contribution is 14.1. The summed E-state index contributed by atoms with van der Waals surface area (Å²) >= 11 is 13.9. The van der Waals surface area contributed by atoms with Gasteiger partial charge in [0.2, 0.25) is 0 Å². The van der Waals surface area contributed by atoms with Crippen LogP contribution in [0.3, 0.4) is 0 Å². The van der Waals surface area contributed by atoms with Crippen molar-refractivity contribution < 1.29 is 0 Å². The lowest BCUT2D eigenvalue weighted by Crippen LogP contribution is -2.24. The maximum absolute atomic E-state index is 12.1. The summed E-state index contributed by atoms with van der Waals surface area (Å²) in [7, 11) is 0. The summed E-state index contributed by atoms with van der Waals surface area (Å²) in [6, 6.07) is 5.17. The van der Waals surface area contributed by atoms with Crippen LogP contribution in [0.2, 0.25) is 10.0 Å². The lowest BCUT2D eigenvalue weighted by Gasteiger charge is -2.19. The van der Waals surface area contributed by atoms with E-state index in [-0.39, 0.29) is 11.0 Å². The molecular formula is C14H13Cl2IN2O. The van der Waals surface area contributed by atoms with E-state index < -0.39 is 0 Å². The highest BCUT2D eigenvalue weighted by Gasteiger charge is 2.22. The molecule has 0 spiro atoms. The molecule has 0 bridgehead atoms. The van der Waals surface area contributed by atoms with Crippen LogP contribution < -0.4 is 5.56 Å². The number of nitrogens with zero attached hydrogens (tertiary/aromatic N) is 1. The number of hydrogen-bond acceptors (Lipinski definition) is 2. The Morgan fingerprint density at radius 2 is 1.85 bits per heavy atom. The zero-order chi connectivity index (χ0) is 15.1. The van der Waals surface area contributed by atoms with E-state index >= 15 is 0 Å². The predicted molar refractivity (Wildman–Crippen MR) is 91.7 cm³/mol. The van der Waals surface area contributed by atoms with Crippen LogP contribution in [0.4, 0.5) is 0 Å². The predicted octanol–water partition coefficient (Wildman–Crippen LogP) is 4.65. The second kappa shape index (κ2) is 5.66. The molecule has 6 heteroatoms. The number of hydrogen-bond donors (Lipinski definition) is 1. The van der Waals surface area contributed by atoms with Gasteiger partial charge in [-0.05, 0) is 40.8 Å². The smallest absolute Gasteiger partial charge is 0.264 e. The highest BCUT2D eigenvalue weighted by atomic mass is 127. The van der Waals surface area contributed by atoms with E-state index in [2.05, 4.69) is 9.97 Å². The molecule has 106 valence electrons. The van der Waals surface area contributed by atoms with Crippen LogP contribution in [0.1, 0.15) is 26.5 Å². The molecule has 0 aliphatic rings. The average Bonchev–Trinajstić information content (AvgIpc) is 2.34. The molecule has 0 saturated heterocycles. The third kappa shape index (κ3) is 3.18. The van der Waals surface area contributed by atoms with E-state index in [0.29, 0.717) is 19.4 Å². The van der Waals surface area contributed by atoms with Gasteiger partial charge in [0.25, 0.3) is 5.56 Å². The van der Waals surface area contributed by atoms with Gasteiger partial charge in [0.15, 0.2) is 0 Å². The number of rotatable bonds is 1. The van der Waals surface area contributed by atoms with Gasteiger partial charge in [-0.3, -0.25) is 4.79 Å². The van der Waals surface area contributed by atoms with Crippen molar-refractivity contribution in [3.63, 3.8) is 0 Å². The fourth-order valence-electron chi connectivity index (χ4n) is 1.74. The van der Waals surface area contributed by atoms with E-state index in [4.69, 9.17) is 23.2 Å². The Hall–Kier alpha value is -0.590. The van der Waals surface area contributed by atoms with Crippen molar-refractivity contribution in [1.29, 1.82) is 0 Å². The Morgan fingerprint density at radius 1 is 1.20 bits per heavy atom. The molecule has 1 heterocycles. The van der Waals surface area contributed by atoms with Crippen LogP contribution >= 0.6 is 45.8 Å². The number of aromatic amines is 1. The van der Waals surface area contributed by atoms with Crippen LogP contribution in [0.5, 0.6) is 0 Å². The molecule has 1 N–H and O–H groups in total. The maximum atomic E-state index is 12.1. The first-order valence-corrected chi connectivity index (χ1v) is 7.79. The topological polar surface area (TPSA) is 45.8 Å². The molecule has 0 aliphatic heterocycles. The van der Waals surface area contributed by atoms with Gasteiger partial charge in [-0.2, -0.15) is 0 Å². The van der Waals surface area contributed by atoms with Gasteiger partial charge >= 0.3 is 0 Å². The molecule has 0 fully saturated rings. The third-order valence-electron chi connectivity index (χ3n) is 2.77. The van der Waals surface area contributed by atoms with Crippen LogP contribution in [-0.2, 0) is 5.41 Å². The normalized spacial score (nSPS) is 11.7. The van der Waals surface area contributed by atoms with Gasteiger partial charge in [0, 0.05) is 11.0 Å². The number of benzene rings is 1. The Labute approximate surface area is 140 Å². The largest absolute Gasteiger partial charge is 0.306 e. The van der Waals surface area contributed by atoms with Gasteiger partial charge in [-0.1, -0.05) is 44.0 Å². The van der Waals surface area contributed by atoms with Crippen molar-refractivity contribution in [3.05, 3.63) is 47.9 Å². The van der Waals surface area contributed by atoms with Crippen molar-refractivity contribution in [3.8, 4) is 11.4 Å². The quantitative estimate of drug-likeness (QED) is 0.680. The Morgan fingerprint density at radius 3 is 2.40 bits per heavy atom. The first kappa shape index (κ1) is 15.8. The molecule has 0 unspecified atom stereocenters. The van der Waals surface area contributed by atoms with E-state index in [0.717, 1.165) is 11.3 Å². The molecule has 0 amide bonds. The minimum atomic E-state index is -0.213. The number of aromatic nitrogens is 2. The van der Waals surface area contributed by atoms with Crippen LogP contribution in [0.15, 0.2) is 23.0 Å². The summed E-state index contributed by atoms with van der Waals surface area (Å²) in [5.74, 6) is 0.499. The SMILES string of the molecule is CC(C)(C)c1nc(-c2ccc(Cl)c(Cl)c2)[nH]c(=O)c1I. The average molecular weight is 423 g/mol. The summed E-state index contributed by atoms with van der Waals surface area (Å²) in [5.41, 5.74) is 1.14. The minimum absolute atomic E-state index is 0.147. The summed E-state index contributed by atoms with van der Waals surface area (Å²) < 4.78 is 0.610. The zero-order valence-electron chi connectivity index (χ0n) is 11.2. The monoisotopic (exact) mass is 422 g/mol. The standard InChI is InChI=1S/C14H13Cl2IN2O/c1-14(2,3)11-10(17)13(20)19-12(18-11)7-4-5-8(15)9(16)6-7/h4-6H,1-3H3,(H,18,19,20). The second-order valence-corrected chi connectivity index (χ2v) is 7.35. The molecule has 1 aromatic carbocycles. The third-order valence-corrected chi connectivity index (χ3v) is 4.51. The van der Waals surface area contributed by atoms with E-state index in [1.807, 2.05) is 43.4 Å². The van der Waals surface area contributed by atoms with E-state index in [9.17, 15) is 4.79 Å². The van der Waals surface area contributed by atoms with Gasteiger partial charge in [0.1, 0.15) is 9.39 Å². The number of halogens is 3. The summed E-state index contributed by atoms with van der Waals surface area (Å²) in [5, 5.41) is 0.905. The lowest BCUT2D eigenvalue weighted by molar-refractivity contribution is 0.562.